The normalized spacial score (nSPS) is 19.3. The summed E-state index contributed by atoms with van der Waals surface area (Å²) in [6, 6.07) is 13.1. The number of hydrogen-bond acceptors (Lipinski definition) is 7. The molecule has 2 aliphatic rings. The lowest BCUT2D eigenvalue weighted by molar-refractivity contribution is -0.128. The molecule has 0 radical (unpaired) electrons. The van der Waals surface area contributed by atoms with E-state index < -0.39 is 5.72 Å². The second-order valence-electron chi connectivity index (χ2n) is 6.05. The van der Waals surface area contributed by atoms with E-state index in [0.29, 0.717) is 27.8 Å². The van der Waals surface area contributed by atoms with Crippen LogP contribution >= 0.6 is 27.7 Å². The summed E-state index contributed by atoms with van der Waals surface area (Å²) in [5.74, 6) is -0.0580. The topological polar surface area (TPSA) is 89.0 Å². The van der Waals surface area contributed by atoms with Gasteiger partial charge >= 0.3 is 0 Å². The van der Waals surface area contributed by atoms with Gasteiger partial charge in [-0.05, 0) is 30.5 Å². The zero-order valence-corrected chi connectivity index (χ0v) is 16.4. The lowest BCUT2D eigenvalue weighted by Gasteiger charge is -2.28. The van der Waals surface area contributed by atoms with Crippen LogP contribution in [0.4, 0.5) is 11.4 Å². The van der Waals surface area contributed by atoms with Gasteiger partial charge in [0.25, 0.3) is 11.6 Å². The third kappa shape index (κ3) is 2.42. The largest absolute Gasteiger partial charge is 0.435 e. The molecule has 134 valence electrons. The van der Waals surface area contributed by atoms with Crippen LogP contribution in [0, 0.1) is 0 Å². The van der Waals surface area contributed by atoms with Crippen LogP contribution in [0.15, 0.2) is 52.1 Å². The lowest BCUT2D eigenvalue weighted by atomic mass is 10.0. The van der Waals surface area contributed by atoms with E-state index in [9.17, 15) is 4.79 Å². The SMILES string of the molecule is CSc1nnc2c(n1)O[C@]1(Nc3ccccc3-2)C(=O)Nc2ccc(Br)cc21. The molecule has 0 fully saturated rings. The van der Waals surface area contributed by atoms with Crippen LogP contribution in [-0.2, 0) is 10.5 Å². The van der Waals surface area contributed by atoms with Crippen LogP contribution in [-0.4, -0.2) is 27.3 Å². The molecule has 0 bridgehead atoms. The summed E-state index contributed by atoms with van der Waals surface area (Å²) in [6.45, 7) is 0. The molecule has 1 amide bonds. The zero-order valence-electron chi connectivity index (χ0n) is 14.0. The van der Waals surface area contributed by atoms with Crippen LogP contribution in [0.2, 0.25) is 0 Å². The molecule has 0 saturated heterocycles. The number of halogens is 1. The number of anilines is 2. The number of fused-ring (bicyclic) bond motifs is 5. The van der Waals surface area contributed by atoms with Gasteiger partial charge in [0, 0.05) is 15.7 Å². The van der Waals surface area contributed by atoms with Crippen LogP contribution < -0.4 is 15.4 Å². The summed E-state index contributed by atoms with van der Waals surface area (Å²) in [5.41, 5.74) is 1.88. The Kier molecular flexibility index (Phi) is 3.63. The van der Waals surface area contributed by atoms with Crippen molar-refractivity contribution < 1.29 is 9.53 Å². The molecule has 5 rings (SSSR count). The fourth-order valence-electron chi connectivity index (χ4n) is 3.26. The number of carbonyl (C=O) groups excluding carboxylic acids is 1. The van der Waals surface area contributed by atoms with Crippen molar-refractivity contribution in [1.82, 2.24) is 15.2 Å². The number of hydrogen-bond donors (Lipinski definition) is 2. The highest BCUT2D eigenvalue weighted by Crippen LogP contribution is 2.46. The van der Waals surface area contributed by atoms with Crippen molar-refractivity contribution in [3.05, 3.63) is 52.5 Å². The molecule has 0 aliphatic carbocycles. The molecule has 3 heterocycles. The molecule has 1 spiro atoms. The molecule has 3 aromatic rings. The van der Waals surface area contributed by atoms with E-state index in [-0.39, 0.29) is 11.8 Å². The van der Waals surface area contributed by atoms with Gasteiger partial charge in [-0.25, -0.2) is 0 Å². The van der Waals surface area contributed by atoms with Crippen molar-refractivity contribution in [3.63, 3.8) is 0 Å². The van der Waals surface area contributed by atoms with Crippen molar-refractivity contribution in [2.24, 2.45) is 0 Å². The highest BCUT2D eigenvalue weighted by Gasteiger charge is 2.52. The first kappa shape index (κ1) is 16.5. The minimum atomic E-state index is -1.45. The lowest BCUT2D eigenvalue weighted by Crippen LogP contribution is -2.47. The van der Waals surface area contributed by atoms with E-state index in [0.717, 1.165) is 10.0 Å². The summed E-state index contributed by atoms with van der Waals surface area (Å²) in [7, 11) is 0. The van der Waals surface area contributed by atoms with E-state index in [1.54, 1.807) is 0 Å². The van der Waals surface area contributed by atoms with Gasteiger partial charge in [0.2, 0.25) is 11.0 Å². The standard InChI is InChI=1S/C18H12BrN5O2S/c1-27-17-21-15-14(23-24-17)10-4-2-3-5-12(10)22-18(26-15)11-8-9(19)6-7-13(11)20-16(18)25/h2-8,22H,1H3,(H,20,25)/t18-/m0/s1. The molecule has 0 unspecified atom stereocenters. The summed E-state index contributed by atoms with van der Waals surface area (Å²) < 4.78 is 7.09. The minimum Gasteiger partial charge on any atom is -0.435 e. The Labute approximate surface area is 167 Å². The van der Waals surface area contributed by atoms with Crippen molar-refractivity contribution in [2.45, 2.75) is 10.9 Å². The van der Waals surface area contributed by atoms with Gasteiger partial charge in [0.05, 0.1) is 11.3 Å². The van der Waals surface area contributed by atoms with Crippen molar-refractivity contribution >= 4 is 45.0 Å². The fourth-order valence-corrected chi connectivity index (χ4v) is 3.92. The van der Waals surface area contributed by atoms with Crippen LogP contribution in [0.5, 0.6) is 5.88 Å². The zero-order chi connectivity index (χ0) is 18.6. The minimum absolute atomic E-state index is 0.259. The molecule has 9 heteroatoms. The molecular formula is C18H12BrN5O2S. The van der Waals surface area contributed by atoms with Gasteiger partial charge in [0.15, 0.2) is 5.69 Å². The van der Waals surface area contributed by atoms with E-state index in [1.807, 2.05) is 48.7 Å². The number of amides is 1. The first-order valence-electron chi connectivity index (χ1n) is 8.07. The quantitative estimate of drug-likeness (QED) is 0.557. The molecule has 2 N–H and O–H groups in total. The number of carbonyl (C=O) groups is 1. The molecule has 0 saturated carbocycles. The second-order valence-corrected chi connectivity index (χ2v) is 7.74. The van der Waals surface area contributed by atoms with E-state index in [4.69, 9.17) is 4.74 Å². The predicted molar refractivity (Wildman–Crippen MR) is 106 cm³/mol. The molecular weight excluding hydrogens is 430 g/mol. The highest BCUT2D eigenvalue weighted by molar-refractivity contribution is 9.10. The van der Waals surface area contributed by atoms with Gasteiger partial charge in [-0.1, -0.05) is 45.9 Å². The fraction of sp³-hybridized carbons (Fsp3) is 0.111. The maximum absolute atomic E-state index is 13.1. The maximum atomic E-state index is 13.1. The molecule has 1 atom stereocenters. The van der Waals surface area contributed by atoms with E-state index in [1.165, 1.54) is 11.8 Å². The van der Waals surface area contributed by atoms with Crippen LogP contribution in [0.3, 0.4) is 0 Å². The molecule has 2 aromatic carbocycles. The molecule has 7 nitrogen and oxygen atoms in total. The number of ether oxygens (including phenoxy) is 1. The van der Waals surface area contributed by atoms with Crippen molar-refractivity contribution in [1.29, 1.82) is 0 Å². The Morgan fingerprint density at radius 3 is 2.85 bits per heavy atom. The van der Waals surface area contributed by atoms with E-state index in [2.05, 4.69) is 41.7 Å². The number of benzene rings is 2. The van der Waals surface area contributed by atoms with Crippen molar-refractivity contribution in [2.75, 3.05) is 16.9 Å². The first-order chi connectivity index (χ1) is 13.1. The van der Waals surface area contributed by atoms with Gasteiger partial charge in [-0.3, -0.25) is 4.79 Å². The summed E-state index contributed by atoms with van der Waals surface area (Å²) in [5, 5.41) is 15.1. The summed E-state index contributed by atoms with van der Waals surface area (Å²) in [4.78, 5) is 17.5. The second kappa shape index (κ2) is 5.93. The Balaban J connectivity index is 1.80. The first-order valence-corrected chi connectivity index (χ1v) is 10.1. The van der Waals surface area contributed by atoms with Crippen LogP contribution in [0.1, 0.15) is 5.56 Å². The summed E-state index contributed by atoms with van der Waals surface area (Å²) in [6.07, 6.45) is 1.86. The Hall–Kier alpha value is -2.65. The van der Waals surface area contributed by atoms with Gasteiger partial charge in [0.1, 0.15) is 0 Å². The predicted octanol–water partition coefficient (Wildman–Crippen LogP) is 3.63. The van der Waals surface area contributed by atoms with Crippen LogP contribution in [0.25, 0.3) is 11.3 Å². The van der Waals surface area contributed by atoms with Gasteiger partial charge in [-0.15, -0.1) is 10.2 Å². The number of rotatable bonds is 1. The Morgan fingerprint density at radius 1 is 1.15 bits per heavy atom. The number of thioether (sulfide) groups is 1. The number of para-hydroxylation sites is 1. The number of nitrogens with zero attached hydrogens (tertiary/aromatic N) is 3. The Bertz CT molecular complexity index is 1110. The highest BCUT2D eigenvalue weighted by atomic mass is 79.9. The monoisotopic (exact) mass is 441 g/mol. The molecule has 2 aliphatic heterocycles. The average Bonchev–Trinajstić information content (AvgIpc) is 2.85. The third-order valence-electron chi connectivity index (χ3n) is 4.49. The number of nitrogens with one attached hydrogen (secondary N) is 2. The van der Waals surface area contributed by atoms with Crippen molar-refractivity contribution in [3.8, 4) is 17.1 Å². The molecule has 1 aromatic heterocycles. The average molecular weight is 442 g/mol. The maximum Gasteiger partial charge on any atom is 0.295 e. The Morgan fingerprint density at radius 2 is 2.00 bits per heavy atom. The smallest absolute Gasteiger partial charge is 0.295 e. The number of aromatic nitrogens is 3. The van der Waals surface area contributed by atoms with Gasteiger partial charge < -0.3 is 15.4 Å². The molecule has 27 heavy (non-hydrogen) atoms. The van der Waals surface area contributed by atoms with E-state index >= 15 is 0 Å². The summed E-state index contributed by atoms with van der Waals surface area (Å²) >= 11 is 4.83. The third-order valence-corrected chi connectivity index (χ3v) is 5.52. The van der Waals surface area contributed by atoms with Gasteiger partial charge in [-0.2, -0.15) is 4.98 Å².